The van der Waals surface area contributed by atoms with Crippen LogP contribution in [0.4, 0.5) is 0 Å². The van der Waals surface area contributed by atoms with E-state index < -0.39 is 0 Å². The first-order valence-corrected chi connectivity index (χ1v) is 8.50. The van der Waals surface area contributed by atoms with E-state index in [0.717, 1.165) is 42.1 Å². The van der Waals surface area contributed by atoms with Crippen LogP contribution in [-0.4, -0.2) is 27.0 Å². The van der Waals surface area contributed by atoms with Crippen molar-refractivity contribution in [3.8, 4) is 11.4 Å². The van der Waals surface area contributed by atoms with Gasteiger partial charge >= 0.3 is 0 Å². The van der Waals surface area contributed by atoms with Crippen LogP contribution in [-0.2, 0) is 6.42 Å². The minimum Gasteiger partial charge on any atom is -0.314 e. The molecule has 23 heavy (non-hydrogen) atoms. The number of imidazole rings is 1. The van der Waals surface area contributed by atoms with E-state index in [-0.39, 0.29) is 0 Å². The van der Waals surface area contributed by atoms with E-state index in [9.17, 15) is 0 Å². The predicted octanol–water partition coefficient (Wildman–Crippen LogP) is 3.73. The number of halogens is 1. The fourth-order valence-corrected chi connectivity index (χ4v) is 3.39. The average Bonchev–Trinajstić information content (AvgIpc) is 3.22. The second kappa shape index (κ2) is 6.30. The summed E-state index contributed by atoms with van der Waals surface area (Å²) in [5, 5.41) is 4.24. The molecule has 3 aromatic rings. The molecule has 1 aliphatic rings. The fourth-order valence-electron chi connectivity index (χ4n) is 3.23. The van der Waals surface area contributed by atoms with E-state index in [0.29, 0.717) is 11.1 Å². The molecule has 0 unspecified atom stereocenters. The molecule has 3 aromatic heterocycles. The van der Waals surface area contributed by atoms with Crippen molar-refractivity contribution in [2.75, 3.05) is 6.54 Å². The first-order chi connectivity index (χ1) is 11.3. The summed E-state index contributed by atoms with van der Waals surface area (Å²) >= 11 is 6.11. The summed E-state index contributed by atoms with van der Waals surface area (Å²) < 4.78 is 1.99. The van der Waals surface area contributed by atoms with Crippen molar-refractivity contribution in [3.05, 3.63) is 53.4 Å². The topological polar surface area (TPSA) is 42.2 Å². The Labute approximate surface area is 140 Å². The number of aromatic nitrogens is 3. The zero-order chi connectivity index (χ0) is 15.6. The number of pyridine rings is 2. The molecule has 0 amide bonds. The van der Waals surface area contributed by atoms with Crippen molar-refractivity contribution in [1.29, 1.82) is 0 Å². The van der Waals surface area contributed by atoms with Crippen molar-refractivity contribution in [2.24, 2.45) is 0 Å². The number of nitrogens with one attached hydrogen (secondary N) is 1. The number of fused-ring (bicyclic) bond motifs is 1. The normalized spacial score (nSPS) is 17.9. The lowest BCUT2D eigenvalue weighted by atomic mass is 10.1. The Hall–Kier alpha value is -1.91. The summed E-state index contributed by atoms with van der Waals surface area (Å²) in [5.41, 5.74) is 3.93. The molecule has 1 N–H and O–H groups in total. The Morgan fingerprint density at radius 1 is 1.26 bits per heavy atom. The first-order valence-electron chi connectivity index (χ1n) is 8.12. The van der Waals surface area contributed by atoms with Crippen LogP contribution >= 0.6 is 11.6 Å². The third-order valence-electron chi connectivity index (χ3n) is 4.45. The van der Waals surface area contributed by atoms with E-state index in [1.165, 1.54) is 12.8 Å². The molecule has 4 rings (SSSR count). The molecular weight excluding hydrogens is 308 g/mol. The molecule has 0 bridgehead atoms. The predicted molar refractivity (Wildman–Crippen MR) is 92.8 cm³/mol. The molecule has 4 nitrogen and oxygen atoms in total. The molecule has 1 atom stereocenters. The van der Waals surface area contributed by atoms with Crippen LogP contribution < -0.4 is 5.32 Å². The van der Waals surface area contributed by atoms with Crippen LogP contribution in [0.2, 0.25) is 5.02 Å². The Morgan fingerprint density at radius 3 is 3.09 bits per heavy atom. The van der Waals surface area contributed by atoms with Gasteiger partial charge in [-0.1, -0.05) is 17.7 Å². The molecule has 0 aromatic carbocycles. The first kappa shape index (κ1) is 14.7. The van der Waals surface area contributed by atoms with Crippen LogP contribution in [0.25, 0.3) is 17.0 Å². The maximum atomic E-state index is 6.11. The number of hydrogen-bond acceptors (Lipinski definition) is 3. The van der Waals surface area contributed by atoms with E-state index in [2.05, 4.69) is 22.4 Å². The summed E-state index contributed by atoms with van der Waals surface area (Å²) in [4.78, 5) is 9.25. The molecule has 0 spiro atoms. The Kier molecular flexibility index (Phi) is 4.02. The van der Waals surface area contributed by atoms with Gasteiger partial charge in [0, 0.05) is 17.9 Å². The number of nitrogens with zero attached hydrogens (tertiary/aromatic N) is 3. The molecule has 0 aliphatic carbocycles. The summed E-state index contributed by atoms with van der Waals surface area (Å²) in [6, 6.07) is 10.6. The van der Waals surface area contributed by atoms with Gasteiger partial charge in [0.2, 0.25) is 0 Å². The number of hydrogen-bond donors (Lipinski definition) is 1. The van der Waals surface area contributed by atoms with Gasteiger partial charge in [0.05, 0.1) is 22.6 Å². The van der Waals surface area contributed by atoms with Crippen LogP contribution in [0.3, 0.4) is 0 Å². The lowest BCUT2D eigenvalue weighted by Gasteiger charge is -2.10. The van der Waals surface area contributed by atoms with E-state index >= 15 is 0 Å². The van der Waals surface area contributed by atoms with Gasteiger partial charge in [-0.3, -0.25) is 9.38 Å². The quantitative estimate of drug-likeness (QED) is 0.794. The minimum absolute atomic E-state index is 0.648. The molecule has 0 radical (unpaired) electrons. The third kappa shape index (κ3) is 3.09. The van der Waals surface area contributed by atoms with Gasteiger partial charge in [-0.05, 0) is 56.5 Å². The highest BCUT2D eigenvalue weighted by molar-refractivity contribution is 6.30. The molecule has 1 aliphatic heterocycles. The summed E-state index contributed by atoms with van der Waals surface area (Å²) in [6.07, 6.45) is 8.47. The molecule has 5 heteroatoms. The van der Waals surface area contributed by atoms with Crippen LogP contribution in [0.1, 0.15) is 25.0 Å². The van der Waals surface area contributed by atoms with Gasteiger partial charge in [0.15, 0.2) is 0 Å². The van der Waals surface area contributed by atoms with Gasteiger partial charge in [-0.25, -0.2) is 4.98 Å². The average molecular weight is 327 g/mol. The summed E-state index contributed by atoms with van der Waals surface area (Å²) in [5.74, 6) is 0. The summed E-state index contributed by atoms with van der Waals surface area (Å²) in [7, 11) is 0. The van der Waals surface area contributed by atoms with Crippen molar-refractivity contribution in [3.63, 3.8) is 0 Å². The molecule has 0 saturated carbocycles. The fraction of sp³-hybridized carbons (Fsp3) is 0.333. The van der Waals surface area contributed by atoms with Crippen LogP contribution in [0.5, 0.6) is 0 Å². The van der Waals surface area contributed by atoms with Crippen LogP contribution in [0, 0.1) is 0 Å². The van der Waals surface area contributed by atoms with Gasteiger partial charge in [0.1, 0.15) is 5.65 Å². The zero-order valence-electron chi connectivity index (χ0n) is 12.9. The second-order valence-corrected chi connectivity index (χ2v) is 6.50. The lowest BCUT2D eigenvalue weighted by Crippen LogP contribution is -2.21. The standard InChI is InChI=1S/C18H19ClN4/c19-13-6-9-18-21-11-17(23(18)12-13)16-5-1-3-15(22-16)8-7-14-4-2-10-20-14/h1,3,5-6,9,11-12,14,20H,2,4,7-8,10H2/t14-/m1/s1. The van der Waals surface area contributed by atoms with Gasteiger partial charge in [-0.2, -0.15) is 0 Å². The van der Waals surface area contributed by atoms with Crippen LogP contribution in [0.15, 0.2) is 42.7 Å². The lowest BCUT2D eigenvalue weighted by molar-refractivity contribution is 0.555. The van der Waals surface area contributed by atoms with Crippen molar-refractivity contribution >= 4 is 17.2 Å². The maximum absolute atomic E-state index is 6.11. The van der Waals surface area contributed by atoms with Crippen molar-refractivity contribution in [1.82, 2.24) is 19.7 Å². The minimum atomic E-state index is 0.648. The Bertz CT molecular complexity index is 821. The highest BCUT2D eigenvalue weighted by Crippen LogP contribution is 2.22. The van der Waals surface area contributed by atoms with E-state index in [1.807, 2.05) is 35.0 Å². The monoisotopic (exact) mass is 326 g/mol. The SMILES string of the molecule is Clc1ccc2ncc(-c3cccc(CC[C@H]4CCCN4)n3)n2c1. The number of aryl methyl sites for hydroxylation is 1. The Morgan fingerprint density at radius 2 is 2.22 bits per heavy atom. The van der Waals surface area contributed by atoms with Gasteiger partial charge < -0.3 is 5.32 Å². The molecule has 4 heterocycles. The van der Waals surface area contributed by atoms with Crippen molar-refractivity contribution < 1.29 is 0 Å². The summed E-state index contributed by atoms with van der Waals surface area (Å²) in [6.45, 7) is 1.15. The van der Waals surface area contributed by atoms with Gasteiger partial charge in [-0.15, -0.1) is 0 Å². The Balaban J connectivity index is 1.60. The highest BCUT2D eigenvalue weighted by atomic mass is 35.5. The molecule has 118 valence electrons. The molecular formula is C18H19ClN4. The van der Waals surface area contributed by atoms with E-state index in [4.69, 9.17) is 16.6 Å². The molecule has 1 fully saturated rings. The smallest absolute Gasteiger partial charge is 0.137 e. The maximum Gasteiger partial charge on any atom is 0.137 e. The number of rotatable bonds is 4. The largest absolute Gasteiger partial charge is 0.314 e. The van der Waals surface area contributed by atoms with Crippen molar-refractivity contribution in [2.45, 2.75) is 31.7 Å². The zero-order valence-corrected chi connectivity index (χ0v) is 13.6. The highest BCUT2D eigenvalue weighted by Gasteiger charge is 2.14. The third-order valence-corrected chi connectivity index (χ3v) is 4.67. The van der Waals surface area contributed by atoms with Gasteiger partial charge in [0.25, 0.3) is 0 Å². The second-order valence-electron chi connectivity index (χ2n) is 6.07. The van der Waals surface area contributed by atoms with E-state index in [1.54, 1.807) is 0 Å². The molecule has 1 saturated heterocycles.